The number of anilines is 1. The molecule has 2 aliphatic rings. The number of hydrogen-bond donors (Lipinski definition) is 1. The summed E-state index contributed by atoms with van der Waals surface area (Å²) in [7, 11) is 4.67. The van der Waals surface area contributed by atoms with Gasteiger partial charge in [-0.05, 0) is 56.0 Å². The monoisotopic (exact) mass is 613 g/mol. The van der Waals surface area contributed by atoms with Crippen LogP contribution in [0.1, 0.15) is 41.6 Å². The van der Waals surface area contributed by atoms with Gasteiger partial charge in [-0.2, -0.15) is 24.9 Å². The maximum Gasteiger partial charge on any atom is 0.430 e. The predicted octanol–water partition coefficient (Wildman–Crippen LogP) is 5.19. The van der Waals surface area contributed by atoms with Crippen molar-refractivity contribution in [1.29, 1.82) is 0 Å². The normalized spacial score (nSPS) is 18.6. The number of rotatable bonds is 7. The molecule has 41 heavy (non-hydrogen) atoms. The van der Waals surface area contributed by atoms with E-state index in [1.807, 2.05) is 23.9 Å². The molecule has 4 rings (SSSR count). The molecule has 0 spiro atoms. The van der Waals surface area contributed by atoms with Crippen molar-refractivity contribution >= 4 is 40.9 Å². The van der Waals surface area contributed by atoms with E-state index in [9.17, 15) is 27.9 Å². The zero-order valence-corrected chi connectivity index (χ0v) is 24.9. The van der Waals surface area contributed by atoms with Crippen LogP contribution in [0.25, 0.3) is 0 Å². The fourth-order valence-corrected chi connectivity index (χ4v) is 7.08. The molecule has 7 nitrogen and oxygen atoms in total. The molecule has 1 atom stereocenters. The van der Waals surface area contributed by atoms with Crippen molar-refractivity contribution in [2.24, 2.45) is 0 Å². The number of aliphatic hydroxyl groups is 1. The number of carbonyl (C=O) groups is 2. The van der Waals surface area contributed by atoms with Gasteiger partial charge in [-0.25, -0.2) is 0 Å². The van der Waals surface area contributed by atoms with Gasteiger partial charge in [0.15, 0.2) is 0 Å². The molecule has 1 N–H and O–H groups in total. The third-order valence-electron chi connectivity index (χ3n) is 7.72. The van der Waals surface area contributed by atoms with Crippen LogP contribution in [-0.2, 0) is 10.4 Å². The second-order valence-electron chi connectivity index (χ2n) is 10.6. The second kappa shape index (κ2) is 12.7. The third-order valence-corrected chi connectivity index (χ3v) is 9.74. The maximum atomic E-state index is 14.1. The van der Waals surface area contributed by atoms with Crippen LogP contribution in [0.2, 0.25) is 5.02 Å². The molecule has 224 valence electrons. The standard InChI is InChI=1S/C29H35ClF3N3O4S/c1-34(2)26(37)24-8-7-20(18-25(24)30)35-13-9-22(10-14-35)41-23-11-15-36(16-12-23)27(38)28(39,29(31,32)33)19-5-4-6-21(17-19)40-3/h4-8,17-18,22-23,39H,9-16H2,1-3H3. The lowest BCUT2D eigenvalue weighted by atomic mass is 9.90. The van der Waals surface area contributed by atoms with Crippen LogP contribution in [0.5, 0.6) is 5.75 Å². The third kappa shape index (κ3) is 6.73. The lowest BCUT2D eigenvalue weighted by Gasteiger charge is -2.40. The second-order valence-corrected chi connectivity index (χ2v) is 12.6. The fourth-order valence-electron chi connectivity index (χ4n) is 5.32. The highest BCUT2D eigenvalue weighted by Crippen LogP contribution is 2.42. The number of hydrogen-bond acceptors (Lipinski definition) is 6. The van der Waals surface area contributed by atoms with E-state index < -0.39 is 23.2 Å². The average Bonchev–Trinajstić information content (AvgIpc) is 2.96. The first-order chi connectivity index (χ1) is 19.3. The summed E-state index contributed by atoms with van der Waals surface area (Å²) in [6.45, 7) is 1.94. The van der Waals surface area contributed by atoms with E-state index in [0.717, 1.165) is 48.7 Å². The van der Waals surface area contributed by atoms with Crippen molar-refractivity contribution in [3.63, 3.8) is 0 Å². The summed E-state index contributed by atoms with van der Waals surface area (Å²) in [5.74, 6) is -1.38. The molecule has 2 fully saturated rings. The van der Waals surface area contributed by atoms with Gasteiger partial charge in [0.05, 0.1) is 17.7 Å². The summed E-state index contributed by atoms with van der Waals surface area (Å²) in [6, 6.07) is 10.4. The van der Waals surface area contributed by atoms with Gasteiger partial charge in [0.1, 0.15) is 5.75 Å². The van der Waals surface area contributed by atoms with Crippen LogP contribution in [0.4, 0.5) is 18.9 Å². The quantitative estimate of drug-likeness (QED) is 0.463. The molecule has 0 aromatic heterocycles. The van der Waals surface area contributed by atoms with Gasteiger partial charge >= 0.3 is 6.18 Å². The van der Waals surface area contributed by atoms with Gasteiger partial charge in [0.25, 0.3) is 17.4 Å². The molecule has 0 aliphatic carbocycles. The van der Waals surface area contributed by atoms with Crippen molar-refractivity contribution in [3.05, 3.63) is 58.6 Å². The van der Waals surface area contributed by atoms with Gasteiger partial charge in [0.2, 0.25) is 0 Å². The van der Waals surface area contributed by atoms with Gasteiger partial charge in [-0.3, -0.25) is 9.59 Å². The number of carbonyl (C=O) groups excluding carboxylic acids is 2. The predicted molar refractivity (Wildman–Crippen MR) is 155 cm³/mol. The number of nitrogens with zero attached hydrogens (tertiary/aromatic N) is 3. The molecule has 0 saturated carbocycles. The van der Waals surface area contributed by atoms with Crippen molar-refractivity contribution in [2.45, 2.75) is 48.0 Å². The number of benzene rings is 2. The van der Waals surface area contributed by atoms with Crippen LogP contribution in [-0.4, -0.2) is 90.8 Å². The number of likely N-dealkylation sites (tertiary alicyclic amines) is 1. The average molecular weight is 614 g/mol. The highest BCUT2D eigenvalue weighted by Gasteiger charge is 2.62. The molecule has 1 unspecified atom stereocenters. The number of amides is 2. The van der Waals surface area contributed by atoms with E-state index >= 15 is 0 Å². The number of halogens is 4. The largest absolute Gasteiger partial charge is 0.497 e. The van der Waals surface area contributed by atoms with Crippen molar-refractivity contribution in [3.8, 4) is 5.75 Å². The molecule has 2 aliphatic heterocycles. The highest BCUT2D eigenvalue weighted by atomic mass is 35.5. The first-order valence-corrected chi connectivity index (χ1v) is 14.8. The van der Waals surface area contributed by atoms with Crippen LogP contribution >= 0.6 is 23.4 Å². The number of thioether (sulfide) groups is 1. The molecule has 2 aromatic rings. The summed E-state index contributed by atoms with van der Waals surface area (Å²) >= 11 is 8.23. The Morgan fingerprint density at radius 1 is 1.00 bits per heavy atom. The molecular weight excluding hydrogens is 579 g/mol. The molecule has 12 heteroatoms. The number of piperidine rings is 2. The summed E-state index contributed by atoms with van der Waals surface area (Å²) in [5.41, 5.74) is -2.77. The van der Waals surface area contributed by atoms with Crippen molar-refractivity contribution in [1.82, 2.24) is 9.80 Å². The molecule has 0 bridgehead atoms. The summed E-state index contributed by atoms with van der Waals surface area (Å²) < 4.78 is 47.3. The zero-order chi connectivity index (χ0) is 29.9. The Morgan fingerprint density at radius 2 is 1.61 bits per heavy atom. The Labute approximate surface area is 247 Å². The highest BCUT2D eigenvalue weighted by molar-refractivity contribution is 8.00. The lowest BCUT2D eigenvalue weighted by molar-refractivity contribution is -0.262. The Kier molecular flexibility index (Phi) is 9.70. The van der Waals surface area contributed by atoms with Crippen LogP contribution < -0.4 is 9.64 Å². The molecule has 0 radical (unpaired) electrons. The lowest BCUT2D eigenvalue weighted by Crippen LogP contribution is -2.57. The maximum absolute atomic E-state index is 14.1. The molecule has 2 saturated heterocycles. The van der Waals surface area contributed by atoms with E-state index in [4.69, 9.17) is 16.3 Å². The van der Waals surface area contributed by atoms with Crippen LogP contribution in [0.3, 0.4) is 0 Å². The van der Waals surface area contributed by atoms with Gasteiger partial charge in [0, 0.05) is 62.0 Å². The molecule has 2 aromatic carbocycles. The van der Waals surface area contributed by atoms with E-state index in [0.29, 0.717) is 28.7 Å². The Bertz CT molecular complexity index is 1250. The van der Waals surface area contributed by atoms with E-state index in [2.05, 4.69) is 4.90 Å². The number of methoxy groups -OCH3 is 1. The SMILES string of the molecule is COc1cccc(C(O)(C(=O)N2CCC(SC3CCN(c4ccc(C(=O)N(C)C)c(Cl)c4)CC3)CC2)C(F)(F)F)c1. The first kappa shape index (κ1) is 31.3. The summed E-state index contributed by atoms with van der Waals surface area (Å²) in [6.07, 6.45) is -2.21. The van der Waals surface area contributed by atoms with E-state index in [1.54, 1.807) is 20.2 Å². The minimum atomic E-state index is -5.19. The van der Waals surface area contributed by atoms with Gasteiger partial charge in [-0.1, -0.05) is 23.7 Å². The van der Waals surface area contributed by atoms with Gasteiger partial charge in [-0.15, -0.1) is 0 Å². The molecule has 2 heterocycles. The Balaban J connectivity index is 1.31. The minimum absolute atomic E-state index is 0.124. The van der Waals surface area contributed by atoms with Crippen LogP contribution in [0.15, 0.2) is 42.5 Å². The zero-order valence-electron chi connectivity index (χ0n) is 23.3. The molecular formula is C29H35ClF3N3O4S. The smallest absolute Gasteiger partial charge is 0.430 e. The molecule has 2 amide bonds. The topological polar surface area (TPSA) is 73.3 Å². The Hall–Kier alpha value is -2.63. The first-order valence-electron chi connectivity index (χ1n) is 13.5. The Morgan fingerprint density at radius 3 is 2.15 bits per heavy atom. The number of alkyl halides is 3. The van der Waals surface area contributed by atoms with E-state index in [1.165, 1.54) is 24.1 Å². The van der Waals surface area contributed by atoms with Crippen molar-refractivity contribution in [2.75, 3.05) is 52.3 Å². The van der Waals surface area contributed by atoms with Gasteiger partial charge < -0.3 is 24.5 Å². The number of ether oxygens (including phenoxy) is 1. The summed E-state index contributed by atoms with van der Waals surface area (Å²) in [5, 5.41) is 11.8. The minimum Gasteiger partial charge on any atom is -0.497 e. The van der Waals surface area contributed by atoms with E-state index in [-0.39, 0.29) is 30.0 Å². The van der Waals surface area contributed by atoms with Crippen molar-refractivity contribution < 1.29 is 32.6 Å². The summed E-state index contributed by atoms with van der Waals surface area (Å²) in [4.78, 5) is 30.2. The van der Waals surface area contributed by atoms with Crippen LogP contribution in [0, 0.1) is 0 Å². The fraction of sp³-hybridized carbons (Fsp3) is 0.517.